The first kappa shape index (κ1) is 12.2. The number of nitrogens with two attached hydrogens (primary N) is 1. The van der Waals surface area contributed by atoms with E-state index in [1.54, 1.807) is 24.3 Å². The van der Waals surface area contributed by atoms with E-state index >= 15 is 0 Å². The molecule has 3 heteroatoms. The van der Waals surface area contributed by atoms with Crippen LogP contribution in [0.4, 0.5) is 5.69 Å². The molecule has 1 atom stereocenters. The fraction of sp³-hybridized carbons (Fsp3) is 0.133. The van der Waals surface area contributed by atoms with Gasteiger partial charge in [0.2, 0.25) is 0 Å². The van der Waals surface area contributed by atoms with Gasteiger partial charge in [0, 0.05) is 5.69 Å². The molecule has 92 valence electrons. The predicted molar refractivity (Wildman–Crippen MR) is 71.1 cm³/mol. The number of carbonyl (C=O) groups excluding carboxylic acids is 1. The van der Waals surface area contributed by atoms with Crippen LogP contribution in [0.3, 0.4) is 0 Å². The summed E-state index contributed by atoms with van der Waals surface area (Å²) >= 11 is 0. The van der Waals surface area contributed by atoms with Gasteiger partial charge in [-0.3, -0.25) is 0 Å². The molecule has 0 saturated carbocycles. The Morgan fingerprint density at radius 2 is 1.67 bits per heavy atom. The van der Waals surface area contributed by atoms with Gasteiger partial charge in [-0.2, -0.15) is 0 Å². The van der Waals surface area contributed by atoms with Gasteiger partial charge in [0.05, 0.1) is 5.56 Å². The third-order valence-corrected chi connectivity index (χ3v) is 2.70. The van der Waals surface area contributed by atoms with Crippen LogP contribution in [0, 0.1) is 0 Å². The van der Waals surface area contributed by atoms with Crippen molar-refractivity contribution in [3.8, 4) is 0 Å². The van der Waals surface area contributed by atoms with E-state index in [1.807, 2.05) is 37.3 Å². The second-order valence-electron chi connectivity index (χ2n) is 4.08. The zero-order valence-electron chi connectivity index (χ0n) is 10.2. The van der Waals surface area contributed by atoms with E-state index in [0.29, 0.717) is 11.3 Å². The van der Waals surface area contributed by atoms with E-state index in [-0.39, 0.29) is 12.1 Å². The molecule has 18 heavy (non-hydrogen) atoms. The highest BCUT2D eigenvalue weighted by Crippen LogP contribution is 2.18. The number of nitrogen functional groups attached to an aromatic ring is 1. The zero-order chi connectivity index (χ0) is 13.0. The Balaban J connectivity index is 2.06. The maximum absolute atomic E-state index is 11.9. The summed E-state index contributed by atoms with van der Waals surface area (Å²) in [6.45, 7) is 1.85. The van der Waals surface area contributed by atoms with Gasteiger partial charge < -0.3 is 10.5 Å². The van der Waals surface area contributed by atoms with Crippen LogP contribution < -0.4 is 5.73 Å². The Labute approximate surface area is 106 Å². The van der Waals surface area contributed by atoms with Gasteiger partial charge in [-0.25, -0.2) is 4.79 Å². The van der Waals surface area contributed by atoms with Crippen LogP contribution in [0.15, 0.2) is 54.6 Å². The first-order chi connectivity index (χ1) is 8.66. The van der Waals surface area contributed by atoms with Crippen LogP contribution in [0.1, 0.15) is 28.9 Å². The molecule has 2 N–H and O–H groups in total. The Morgan fingerprint density at radius 3 is 2.28 bits per heavy atom. The van der Waals surface area contributed by atoms with Crippen molar-refractivity contribution >= 4 is 11.7 Å². The maximum atomic E-state index is 11.9. The highest BCUT2D eigenvalue weighted by Gasteiger charge is 2.12. The number of ether oxygens (including phenoxy) is 1. The fourth-order valence-corrected chi connectivity index (χ4v) is 1.64. The van der Waals surface area contributed by atoms with Crippen molar-refractivity contribution in [1.29, 1.82) is 0 Å². The highest BCUT2D eigenvalue weighted by molar-refractivity contribution is 5.89. The van der Waals surface area contributed by atoms with Crippen molar-refractivity contribution in [2.75, 3.05) is 5.73 Å². The van der Waals surface area contributed by atoms with Crippen molar-refractivity contribution < 1.29 is 9.53 Å². The van der Waals surface area contributed by atoms with E-state index in [2.05, 4.69) is 0 Å². The van der Waals surface area contributed by atoms with Gasteiger partial charge in [0.15, 0.2) is 0 Å². The average molecular weight is 241 g/mol. The van der Waals surface area contributed by atoms with Crippen molar-refractivity contribution in [2.24, 2.45) is 0 Å². The topological polar surface area (TPSA) is 52.3 Å². The van der Waals surface area contributed by atoms with E-state index in [0.717, 1.165) is 5.56 Å². The summed E-state index contributed by atoms with van der Waals surface area (Å²) in [6, 6.07) is 16.3. The lowest BCUT2D eigenvalue weighted by atomic mass is 10.1. The number of hydrogen-bond acceptors (Lipinski definition) is 3. The van der Waals surface area contributed by atoms with Crippen molar-refractivity contribution in [1.82, 2.24) is 0 Å². The second kappa shape index (κ2) is 5.36. The molecule has 0 radical (unpaired) electrons. The zero-order valence-corrected chi connectivity index (χ0v) is 10.2. The normalized spacial score (nSPS) is 11.8. The van der Waals surface area contributed by atoms with E-state index in [1.165, 1.54) is 0 Å². The lowest BCUT2D eigenvalue weighted by Crippen LogP contribution is -2.09. The third kappa shape index (κ3) is 2.88. The molecule has 0 amide bonds. The Bertz CT molecular complexity index is 520. The molecule has 1 unspecified atom stereocenters. The van der Waals surface area contributed by atoms with Crippen molar-refractivity contribution in [2.45, 2.75) is 13.0 Å². The molecule has 0 aliphatic heterocycles. The van der Waals surface area contributed by atoms with E-state index < -0.39 is 0 Å². The van der Waals surface area contributed by atoms with Crippen molar-refractivity contribution in [3.05, 3.63) is 65.7 Å². The van der Waals surface area contributed by atoms with Gasteiger partial charge >= 0.3 is 5.97 Å². The molecule has 2 aromatic carbocycles. The van der Waals surface area contributed by atoms with Crippen LogP contribution in [0.2, 0.25) is 0 Å². The van der Waals surface area contributed by atoms with Crippen LogP contribution in [0.25, 0.3) is 0 Å². The summed E-state index contributed by atoms with van der Waals surface area (Å²) in [7, 11) is 0. The van der Waals surface area contributed by atoms with Gasteiger partial charge in [-0.05, 0) is 36.8 Å². The largest absolute Gasteiger partial charge is 0.454 e. The van der Waals surface area contributed by atoms with Gasteiger partial charge in [0.1, 0.15) is 6.10 Å². The number of hydrogen-bond donors (Lipinski definition) is 1. The molecule has 2 aromatic rings. The molecule has 0 spiro atoms. The summed E-state index contributed by atoms with van der Waals surface area (Å²) in [6.07, 6.45) is -0.267. The molecule has 0 bridgehead atoms. The quantitative estimate of drug-likeness (QED) is 0.663. The average Bonchev–Trinajstić information content (AvgIpc) is 2.40. The van der Waals surface area contributed by atoms with E-state index in [4.69, 9.17) is 10.5 Å². The molecular weight excluding hydrogens is 226 g/mol. The first-order valence-corrected chi connectivity index (χ1v) is 5.78. The lowest BCUT2D eigenvalue weighted by Gasteiger charge is -2.13. The SMILES string of the molecule is CC(OC(=O)c1ccc(N)cc1)c1ccccc1. The second-order valence-corrected chi connectivity index (χ2v) is 4.08. The number of esters is 1. The van der Waals surface area contributed by atoms with E-state index in [9.17, 15) is 4.79 Å². The summed E-state index contributed by atoms with van der Waals surface area (Å²) in [5.74, 6) is -0.341. The monoisotopic (exact) mass is 241 g/mol. The number of benzene rings is 2. The summed E-state index contributed by atoms with van der Waals surface area (Å²) in [5.41, 5.74) is 7.67. The summed E-state index contributed by atoms with van der Waals surface area (Å²) in [4.78, 5) is 11.9. The first-order valence-electron chi connectivity index (χ1n) is 5.78. The molecule has 0 aromatic heterocycles. The Kier molecular flexibility index (Phi) is 3.63. The molecule has 0 fully saturated rings. The minimum absolute atomic E-state index is 0.267. The molecule has 0 aliphatic carbocycles. The fourth-order valence-electron chi connectivity index (χ4n) is 1.64. The Morgan fingerprint density at radius 1 is 1.06 bits per heavy atom. The maximum Gasteiger partial charge on any atom is 0.338 e. The van der Waals surface area contributed by atoms with Crippen molar-refractivity contribution in [3.63, 3.8) is 0 Å². The van der Waals surface area contributed by atoms with Crippen LogP contribution in [-0.4, -0.2) is 5.97 Å². The highest BCUT2D eigenvalue weighted by atomic mass is 16.5. The predicted octanol–water partition coefficient (Wildman–Crippen LogP) is 3.19. The third-order valence-electron chi connectivity index (χ3n) is 2.70. The lowest BCUT2D eigenvalue weighted by molar-refractivity contribution is 0.0338. The van der Waals surface area contributed by atoms with Gasteiger partial charge in [0.25, 0.3) is 0 Å². The van der Waals surface area contributed by atoms with Gasteiger partial charge in [-0.15, -0.1) is 0 Å². The number of anilines is 1. The van der Waals surface area contributed by atoms with Crippen LogP contribution in [0.5, 0.6) is 0 Å². The molecule has 0 aliphatic rings. The van der Waals surface area contributed by atoms with Crippen LogP contribution >= 0.6 is 0 Å². The summed E-state index contributed by atoms with van der Waals surface area (Å²) in [5, 5.41) is 0. The van der Waals surface area contributed by atoms with Gasteiger partial charge in [-0.1, -0.05) is 30.3 Å². The molecule has 0 heterocycles. The molecule has 2 rings (SSSR count). The smallest absolute Gasteiger partial charge is 0.338 e. The van der Waals surface area contributed by atoms with Crippen LogP contribution in [-0.2, 0) is 4.74 Å². The Hall–Kier alpha value is -2.29. The molecule has 0 saturated heterocycles. The minimum Gasteiger partial charge on any atom is -0.454 e. The summed E-state index contributed by atoms with van der Waals surface area (Å²) < 4.78 is 5.38. The number of rotatable bonds is 3. The molecular formula is C15H15NO2. The number of carbonyl (C=O) groups is 1. The molecule has 3 nitrogen and oxygen atoms in total. The standard InChI is InChI=1S/C15H15NO2/c1-11(12-5-3-2-4-6-12)18-15(17)13-7-9-14(16)10-8-13/h2-11H,16H2,1H3. The minimum atomic E-state index is -0.341.